The molecular formula is C21H25NO3. The van der Waals surface area contributed by atoms with Gasteiger partial charge < -0.3 is 14.8 Å². The van der Waals surface area contributed by atoms with Gasteiger partial charge in [0.15, 0.2) is 11.5 Å². The Balaban J connectivity index is 1.46. The van der Waals surface area contributed by atoms with E-state index in [1.807, 2.05) is 43.3 Å². The third kappa shape index (κ3) is 4.53. The second-order valence-electron chi connectivity index (χ2n) is 7.14. The first-order chi connectivity index (χ1) is 11.9. The minimum Gasteiger partial charge on any atom is -0.488 e. The summed E-state index contributed by atoms with van der Waals surface area (Å²) in [5.41, 5.74) is 3.19. The number of amides is 1. The van der Waals surface area contributed by atoms with Crippen molar-refractivity contribution >= 4 is 5.91 Å². The normalized spacial score (nSPS) is 14.5. The second-order valence-corrected chi connectivity index (χ2v) is 7.14. The van der Waals surface area contributed by atoms with Crippen LogP contribution in [0, 0.1) is 6.92 Å². The molecule has 2 aromatic carbocycles. The molecule has 132 valence electrons. The average Bonchev–Trinajstić information content (AvgIpc) is 2.88. The summed E-state index contributed by atoms with van der Waals surface area (Å²) < 4.78 is 11.8. The summed E-state index contributed by atoms with van der Waals surface area (Å²) in [6.45, 7) is 7.06. The molecule has 1 aliphatic heterocycles. The van der Waals surface area contributed by atoms with E-state index in [1.54, 1.807) is 0 Å². The molecule has 0 fully saturated rings. The summed E-state index contributed by atoms with van der Waals surface area (Å²) in [6.07, 6.45) is 1.27. The zero-order valence-electron chi connectivity index (χ0n) is 15.1. The van der Waals surface area contributed by atoms with E-state index in [2.05, 4.69) is 25.2 Å². The van der Waals surface area contributed by atoms with Gasteiger partial charge in [0.2, 0.25) is 5.91 Å². The van der Waals surface area contributed by atoms with E-state index in [-0.39, 0.29) is 11.5 Å². The number of carbonyl (C=O) groups is 1. The molecule has 4 nitrogen and oxygen atoms in total. The Labute approximate surface area is 149 Å². The van der Waals surface area contributed by atoms with Crippen LogP contribution >= 0.6 is 0 Å². The Morgan fingerprint density at radius 3 is 2.72 bits per heavy atom. The summed E-state index contributed by atoms with van der Waals surface area (Å²) in [6, 6.07) is 14.0. The number of para-hydroxylation sites is 1. The number of hydrogen-bond donors (Lipinski definition) is 1. The van der Waals surface area contributed by atoms with E-state index >= 15 is 0 Å². The van der Waals surface area contributed by atoms with E-state index in [0.717, 1.165) is 23.5 Å². The summed E-state index contributed by atoms with van der Waals surface area (Å²) >= 11 is 0. The minimum atomic E-state index is -0.190. The van der Waals surface area contributed by atoms with E-state index in [9.17, 15) is 4.79 Å². The van der Waals surface area contributed by atoms with E-state index in [4.69, 9.17) is 9.47 Å². The molecule has 0 saturated heterocycles. The van der Waals surface area contributed by atoms with Crippen LogP contribution < -0.4 is 14.8 Å². The molecule has 2 aromatic rings. The van der Waals surface area contributed by atoms with Crippen LogP contribution in [0.15, 0.2) is 42.5 Å². The second kappa shape index (κ2) is 7.18. The highest BCUT2D eigenvalue weighted by Gasteiger charge is 2.32. The molecule has 0 spiro atoms. The first kappa shape index (κ1) is 17.3. The molecular weight excluding hydrogens is 314 g/mol. The number of aryl methyl sites for hydroxylation is 1. The lowest BCUT2D eigenvalue weighted by Crippen LogP contribution is -2.29. The largest absolute Gasteiger partial charge is 0.488 e. The van der Waals surface area contributed by atoms with E-state index in [0.29, 0.717) is 19.6 Å². The number of rotatable bonds is 6. The first-order valence-corrected chi connectivity index (χ1v) is 8.69. The number of hydrogen-bond acceptors (Lipinski definition) is 3. The van der Waals surface area contributed by atoms with Crippen molar-refractivity contribution in [3.63, 3.8) is 0 Å². The predicted octanol–water partition coefficient (Wildman–Crippen LogP) is 3.45. The lowest BCUT2D eigenvalue weighted by atomic mass is 10.0. The van der Waals surface area contributed by atoms with Gasteiger partial charge in [0.1, 0.15) is 12.2 Å². The molecule has 0 aromatic heterocycles. The Bertz CT molecular complexity index is 750. The van der Waals surface area contributed by atoms with Crippen LogP contribution in [-0.4, -0.2) is 24.7 Å². The summed E-state index contributed by atoms with van der Waals surface area (Å²) in [5, 5.41) is 2.90. The smallest absolute Gasteiger partial charge is 0.224 e. The van der Waals surface area contributed by atoms with Gasteiger partial charge in [0.25, 0.3) is 0 Å². The maximum absolute atomic E-state index is 12.0. The SMILES string of the molecule is Cc1ccc(CC(=O)NCCOc2cccc3c2OC(C)(C)C3)cc1. The van der Waals surface area contributed by atoms with Crippen LogP contribution in [0.25, 0.3) is 0 Å². The highest BCUT2D eigenvalue weighted by atomic mass is 16.5. The molecule has 3 rings (SSSR count). The van der Waals surface area contributed by atoms with Gasteiger partial charge >= 0.3 is 0 Å². The highest BCUT2D eigenvalue weighted by molar-refractivity contribution is 5.78. The molecule has 1 N–H and O–H groups in total. The topological polar surface area (TPSA) is 47.6 Å². The Morgan fingerprint density at radius 1 is 1.20 bits per heavy atom. The van der Waals surface area contributed by atoms with Crippen LogP contribution in [-0.2, 0) is 17.6 Å². The maximum atomic E-state index is 12.0. The molecule has 0 unspecified atom stereocenters. The fourth-order valence-electron chi connectivity index (χ4n) is 3.01. The van der Waals surface area contributed by atoms with Gasteiger partial charge in [-0.3, -0.25) is 4.79 Å². The van der Waals surface area contributed by atoms with Crippen molar-refractivity contribution in [3.8, 4) is 11.5 Å². The van der Waals surface area contributed by atoms with Gasteiger partial charge in [-0.25, -0.2) is 0 Å². The number of benzene rings is 2. The highest BCUT2D eigenvalue weighted by Crippen LogP contribution is 2.41. The van der Waals surface area contributed by atoms with Gasteiger partial charge in [-0.1, -0.05) is 42.0 Å². The van der Waals surface area contributed by atoms with Gasteiger partial charge in [-0.05, 0) is 32.4 Å². The third-order valence-electron chi connectivity index (χ3n) is 4.22. The molecule has 0 saturated carbocycles. The van der Waals surface area contributed by atoms with Crippen molar-refractivity contribution in [1.82, 2.24) is 5.32 Å². The molecule has 1 aliphatic rings. The molecule has 0 aliphatic carbocycles. The Morgan fingerprint density at radius 2 is 1.96 bits per heavy atom. The summed E-state index contributed by atoms with van der Waals surface area (Å²) in [7, 11) is 0. The molecule has 1 heterocycles. The zero-order chi connectivity index (χ0) is 17.9. The van der Waals surface area contributed by atoms with Crippen molar-refractivity contribution in [3.05, 3.63) is 59.2 Å². The lowest BCUT2D eigenvalue weighted by molar-refractivity contribution is -0.120. The molecule has 0 bridgehead atoms. The van der Waals surface area contributed by atoms with Crippen LogP contribution in [0.2, 0.25) is 0 Å². The van der Waals surface area contributed by atoms with Crippen LogP contribution in [0.1, 0.15) is 30.5 Å². The molecule has 4 heteroatoms. The fraction of sp³-hybridized carbons (Fsp3) is 0.381. The standard InChI is InChI=1S/C21H25NO3/c1-15-7-9-16(10-8-15)13-19(23)22-11-12-24-18-6-4-5-17-14-21(2,3)25-20(17)18/h4-10H,11-14H2,1-3H3,(H,22,23). The summed E-state index contributed by atoms with van der Waals surface area (Å²) in [4.78, 5) is 12.0. The molecule has 1 amide bonds. The van der Waals surface area contributed by atoms with Gasteiger partial charge in [-0.2, -0.15) is 0 Å². The first-order valence-electron chi connectivity index (χ1n) is 8.69. The Hall–Kier alpha value is -2.49. The Kier molecular flexibility index (Phi) is 4.98. The van der Waals surface area contributed by atoms with Crippen LogP contribution in [0.5, 0.6) is 11.5 Å². The van der Waals surface area contributed by atoms with Crippen LogP contribution in [0.3, 0.4) is 0 Å². The molecule has 0 radical (unpaired) electrons. The van der Waals surface area contributed by atoms with Crippen molar-refractivity contribution in [2.24, 2.45) is 0 Å². The van der Waals surface area contributed by atoms with E-state index < -0.39 is 0 Å². The zero-order valence-corrected chi connectivity index (χ0v) is 15.1. The maximum Gasteiger partial charge on any atom is 0.224 e. The third-order valence-corrected chi connectivity index (χ3v) is 4.22. The summed E-state index contributed by atoms with van der Waals surface area (Å²) in [5.74, 6) is 1.58. The van der Waals surface area contributed by atoms with Crippen molar-refractivity contribution in [1.29, 1.82) is 0 Å². The fourth-order valence-corrected chi connectivity index (χ4v) is 3.01. The van der Waals surface area contributed by atoms with E-state index in [1.165, 1.54) is 11.1 Å². The number of nitrogens with one attached hydrogen (secondary N) is 1. The van der Waals surface area contributed by atoms with Gasteiger partial charge in [-0.15, -0.1) is 0 Å². The number of carbonyl (C=O) groups excluding carboxylic acids is 1. The van der Waals surface area contributed by atoms with Crippen molar-refractivity contribution in [2.45, 2.75) is 39.2 Å². The molecule has 0 atom stereocenters. The monoisotopic (exact) mass is 339 g/mol. The quantitative estimate of drug-likeness (QED) is 0.820. The van der Waals surface area contributed by atoms with Gasteiger partial charge in [0.05, 0.1) is 13.0 Å². The van der Waals surface area contributed by atoms with Crippen molar-refractivity contribution in [2.75, 3.05) is 13.2 Å². The minimum absolute atomic E-state index is 0.00290. The average molecular weight is 339 g/mol. The molecule has 25 heavy (non-hydrogen) atoms. The lowest BCUT2D eigenvalue weighted by Gasteiger charge is -2.18. The number of ether oxygens (including phenoxy) is 2. The van der Waals surface area contributed by atoms with Crippen LogP contribution in [0.4, 0.5) is 0 Å². The van der Waals surface area contributed by atoms with Gasteiger partial charge in [0, 0.05) is 12.0 Å². The predicted molar refractivity (Wildman–Crippen MR) is 98.2 cm³/mol. The van der Waals surface area contributed by atoms with Crippen molar-refractivity contribution < 1.29 is 14.3 Å². The number of fused-ring (bicyclic) bond motifs is 1.